The molecule has 0 radical (unpaired) electrons. The van der Waals surface area contributed by atoms with Crippen LogP contribution in [0, 0.1) is 0 Å². The summed E-state index contributed by atoms with van der Waals surface area (Å²) in [4.78, 5) is 29.5. The summed E-state index contributed by atoms with van der Waals surface area (Å²) in [5.74, 6) is -0.447. The first-order chi connectivity index (χ1) is 10.8. The van der Waals surface area contributed by atoms with Gasteiger partial charge in [0.1, 0.15) is 10.8 Å². The van der Waals surface area contributed by atoms with Crippen molar-refractivity contribution in [1.29, 1.82) is 0 Å². The number of amides is 1. The first-order valence-electron chi connectivity index (χ1n) is 6.98. The Morgan fingerprint density at radius 3 is 2.52 bits per heavy atom. The predicted octanol–water partition coefficient (Wildman–Crippen LogP) is -0.583. The number of carbonyl (C=O) groups excluding carboxylic acids is 1. The molecular weight excluding hydrogens is 320 g/mol. The molecule has 1 saturated heterocycles. The number of imidazole rings is 1. The molecule has 0 atom stereocenters. The number of sulfone groups is 1. The van der Waals surface area contributed by atoms with Gasteiger partial charge in [-0.3, -0.25) is 9.59 Å². The van der Waals surface area contributed by atoms with Crippen molar-refractivity contribution in [2.45, 2.75) is 10.4 Å². The summed E-state index contributed by atoms with van der Waals surface area (Å²) in [6.07, 6.45) is 4.54. The SMILES string of the molecule is Cn1ccnc1S(=O)(=O)C1CN(C(=O)c2cccn(C)c2=O)C1. The molecule has 0 bridgehead atoms. The lowest BCUT2D eigenvalue weighted by Gasteiger charge is -2.38. The molecule has 0 spiro atoms. The minimum absolute atomic E-state index is 0.00905. The number of likely N-dealkylation sites (tertiary alicyclic amines) is 1. The molecule has 1 aliphatic rings. The standard InChI is InChI=1S/C14H16N4O4S/c1-16-6-3-4-11(12(16)19)13(20)18-8-10(9-18)23(21,22)14-15-5-7-17(14)2/h3-7,10H,8-9H2,1-2H3. The fourth-order valence-corrected chi connectivity index (χ4v) is 4.23. The van der Waals surface area contributed by atoms with Crippen LogP contribution in [0.2, 0.25) is 0 Å². The van der Waals surface area contributed by atoms with Gasteiger partial charge in [-0.25, -0.2) is 13.4 Å². The normalized spacial score (nSPS) is 15.5. The number of aromatic nitrogens is 3. The molecule has 2 aromatic heterocycles. The highest BCUT2D eigenvalue weighted by atomic mass is 32.2. The van der Waals surface area contributed by atoms with Gasteiger partial charge in [-0.2, -0.15) is 0 Å². The lowest BCUT2D eigenvalue weighted by atomic mass is 10.1. The van der Waals surface area contributed by atoms with Crippen molar-refractivity contribution in [3.8, 4) is 0 Å². The van der Waals surface area contributed by atoms with Crippen molar-refractivity contribution in [2.24, 2.45) is 14.1 Å². The molecule has 2 aromatic rings. The summed E-state index contributed by atoms with van der Waals surface area (Å²) in [5.41, 5.74) is -0.351. The lowest BCUT2D eigenvalue weighted by Crippen LogP contribution is -2.57. The van der Waals surface area contributed by atoms with E-state index in [1.54, 1.807) is 32.6 Å². The van der Waals surface area contributed by atoms with E-state index in [1.807, 2.05) is 0 Å². The van der Waals surface area contributed by atoms with Crippen molar-refractivity contribution in [1.82, 2.24) is 19.0 Å². The molecule has 0 aliphatic carbocycles. The minimum Gasteiger partial charge on any atom is -0.336 e. The Bertz CT molecular complexity index is 922. The van der Waals surface area contributed by atoms with Gasteiger partial charge in [0.15, 0.2) is 0 Å². The van der Waals surface area contributed by atoms with E-state index in [9.17, 15) is 18.0 Å². The van der Waals surface area contributed by atoms with Crippen LogP contribution in [0.15, 0.2) is 40.7 Å². The first-order valence-corrected chi connectivity index (χ1v) is 8.53. The van der Waals surface area contributed by atoms with Crippen LogP contribution in [-0.4, -0.2) is 51.7 Å². The van der Waals surface area contributed by atoms with Crippen molar-refractivity contribution in [3.05, 3.63) is 46.6 Å². The Morgan fingerprint density at radius 1 is 1.22 bits per heavy atom. The molecule has 0 aromatic carbocycles. The van der Waals surface area contributed by atoms with Gasteiger partial charge in [0.2, 0.25) is 15.0 Å². The minimum atomic E-state index is -3.58. The molecule has 3 heterocycles. The molecule has 122 valence electrons. The maximum absolute atomic E-state index is 12.4. The Labute approximate surface area is 132 Å². The van der Waals surface area contributed by atoms with Gasteiger partial charge in [0.25, 0.3) is 11.5 Å². The highest BCUT2D eigenvalue weighted by Gasteiger charge is 2.42. The molecule has 9 heteroatoms. The van der Waals surface area contributed by atoms with Crippen LogP contribution in [0.25, 0.3) is 0 Å². The lowest BCUT2D eigenvalue weighted by molar-refractivity contribution is 0.0656. The maximum atomic E-state index is 12.4. The van der Waals surface area contributed by atoms with Gasteiger partial charge in [-0.05, 0) is 12.1 Å². The Kier molecular flexibility index (Phi) is 3.59. The van der Waals surface area contributed by atoms with E-state index in [0.717, 1.165) is 0 Å². The number of hydrogen-bond acceptors (Lipinski definition) is 5. The molecule has 1 aliphatic heterocycles. The number of hydrogen-bond donors (Lipinski definition) is 0. The smallest absolute Gasteiger partial charge is 0.263 e. The second-order valence-corrected chi connectivity index (χ2v) is 7.66. The van der Waals surface area contributed by atoms with Crippen molar-refractivity contribution in [2.75, 3.05) is 13.1 Å². The molecular formula is C14H16N4O4S. The van der Waals surface area contributed by atoms with Crippen LogP contribution in [0.5, 0.6) is 0 Å². The van der Waals surface area contributed by atoms with Crippen LogP contribution in [0.3, 0.4) is 0 Å². The average Bonchev–Trinajstić information content (AvgIpc) is 2.86. The molecule has 23 heavy (non-hydrogen) atoms. The second kappa shape index (κ2) is 5.34. The number of pyridine rings is 1. The van der Waals surface area contributed by atoms with Gasteiger partial charge in [0, 0.05) is 45.8 Å². The van der Waals surface area contributed by atoms with E-state index in [-0.39, 0.29) is 23.8 Å². The third-order valence-corrected chi connectivity index (χ3v) is 6.04. The zero-order valence-corrected chi connectivity index (χ0v) is 13.5. The molecule has 0 unspecified atom stereocenters. The Morgan fingerprint density at radius 2 is 1.91 bits per heavy atom. The van der Waals surface area contributed by atoms with Gasteiger partial charge in [0.05, 0.1) is 0 Å². The number of nitrogens with zero attached hydrogens (tertiary/aromatic N) is 4. The summed E-state index contributed by atoms with van der Waals surface area (Å²) in [7, 11) is -0.416. The van der Waals surface area contributed by atoms with Gasteiger partial charge in [-0.1, -0.05) is 0 Å². The predicted molar refractivity (Wildman–Crippen MR) is 81.8 cm³/mol. The van der Waals surface area contributed by atoms with Gasteiger partial charge >= 0.3 is 0 Å². The largest absolute Gasteiger partial charge is 0.336 e. The second-order valence-electron chi connectivity index (χ2n) is 5.54. The van der Waals surface area contributed by atoms with Crippen LogP contribution in [0.4, 0.5) is 0 Å². The van der Waals surface area contributed by atoms with Crippen molar-refractivity contribution >= 4 is 15.7 Å². The summed E-state index contributed by atoms with van der Waals surface area (Å²) < 4.78 is 27.6. The van der Waals surface area contributed by atoms with Crippen LogP contribution < -0.4 is 5.56 Å². The zero-order chi connectivity index (χ0) is 16.8. The third kappa shape index (κ3) is 2.46. The summed E-state index contributed by atoms with van der Waals surface area (Å²) >= 11 is 0. The van der Waals surface area contributed by atoms with Gasteiger partial charge < -0.3 is 14.0 Å². The maximum Gasteiger partial charge on any atom is 0.263 e. The monoisotopic (exact) mass is 336 g/mol. The summed E-state index contributed by atoms with van der Waals surface area (Å²) in [6.45, 7) is 0.123. The molecule has 0 saturated carbocycles. The van der Waals surface area contributed by atoms with E-state index in [0.29, 0.717) is 0 Å². The van der Waals surface area contributed by atoms with Gasteiger partial charge in [-0.15, -0.1) is 0 Å². The van der Waals surface area contributed by atoms with Crippen LogP contribution in [0.1, 0.15) is 10.4 Å². The highest BCUT2D eigenvalue weighted by molar-refractivity contribution is 7.92. The quantitative estimate of drug-likeness (QED) is 0.747. The third-order valence-electron chi connectivity index (χ3n) is 3.96. The topological polar surface area (TPSA) is 94.3 Å². The number of aryl methyl sites for hydroxylation is 2. The molecule has 1 fully saturated rings. The number of carbonyl (C=O) groups is 1. The van der Waals surface area contributed by atoms with Crippen molar-refractivity contribution < 1.29 is 13.2 Å². The molecule has 0 N–H and O–H groups in total. The molecule has 1 amide bonds. The van der Waals surface area contributed by atoms with E-state index in [4.69, 9.17) is 0 Å². The first kappa shape index (κ1) is 15.5. The van der Waals surface area contributed by atoms with Crippen molar-refractivity contribution in [3.63, 3.8) is 0 Å². The molecule has 8 nitrogen and oxygen atoms in total. The van der Waals surface area contributed by atoms with E-state index >= 15 is 0 Å². The van der Waals surface area contributed by atoms with E-state index < -0.39 is 26.6 Å². The van der Waals surface area contributed by atoms with E-state index in [1.165, 1.54) is 26.3 Å². The average molecular weight is 336 g/mol. The Hall–Kier alpha value is -2.42. The highest BCUT2D eigenvalue weighted by Crippen LogP contribution is 2.23. The zero-order valence-electron chi connectivity index (χ0n) is 12.7. The van der Waals surface area contributed by atoms with E-state index in [2.05, 4.69) is 4.98 Å². The molecule has 3 rings (SSSR count). The fraction of sp³-hybridized carbons (Fsp3) is 0.357. The summed E-state index contributed by atoms with van der Waals surface area (Å²) in [6, 6.07) is 3.06. The van der Waals surface area contributed by atoms with Crippen LogP contribution in [-0.2, 0) is 23.9 Å². The van der Waals surface area contributed by atoms with Crippen LogP contribution >= 0.6 is 0 Å². The number of rotatable bonds is 3. The summed E-state index contributed by atoms with van der Waals surface area (Å²) in [5, 5.41) is -0.703. The Balaban J connectivity index is 1.77. The fourth-order valence-electron chi connectivity index (χ4n) is 2.51.